The number of aromatic carboxylic acids is 1. The second kappa shape index (κ2) is 7.93. The molecule has 4 nitrogen and oxygen atoms in total. The molecule has 0 unspecified atom stereocenters. The third kappa shape index (κ3) is 5.04. The van der Waals surface area contributed by atoms with E-state index in [1.54, 1.807) is 24.3 Å². The van der Waals surface area contributed by atoms with Gasteiger partial charge < -0.3 is 10.4 Å². The summed E-state index contributed by atoms with van der Waals surface area (Å²) in [7, 11) is 0. The van der Waals surface area contributed by atoms with Gasteiger partial charge in [0.2, 0.25) is 5.91 Å². The third-order valence-electron chi connectivity index (χ3n) is 2.74. The van der Waals surface area contributed by atoms with Crippen LogP contribution in [0.2, 0.25) is 15.1 Å². The number of thioether (sulfide) groups is 1. The third-order valence-corrected chi connectivity index (χ3v) is 4.63. The lowest BCUT2D eigenvalue weighted by Gasteiger charge is -2.09. The van der Waals surface area contributed by atoms with Gasteiger partial charge in [0.25, 0.3) is 0 Å². The van der Waals surface area contributed by atoms with Gasteiger partial charge in [-0.2, -0.15) is 0 Å². The Morgan fingerprint density at radius 1 is 1.04 bits per heavy atom. The molecule has 0 saturated heterocycles. The quantitative estimate of drug-likeness (QED) is 0.699. The fourth-order valence-corrected chi connectivity index (χ4v) is 3.01. The van der Waals surface area contributed by atoms with Crippen molar-refractivity contribution in [3.8, 4) is 0 Å². The van der Waals surface area contributed by atoms with Crippen molar-refractivity contribution in [2.75, 3.05) is 11.1 Å². The Morgan fingerprint density at radius 2 is 1.70 bits per heavy atom. The van der Waals surface area contributed by atoms with Crippen LogP contribution in [0.4, 0.5) is 5.69 Å². The molecule has 1 amide bonds. The molecule has 8 heteroatoms. The Bertz CT molecular complexity index is 750. The summed E-state index contributed by atoms with van der Waals surface area (Å²) >= 11 is 18.9. The summed E-state index contributed by atoms with van der Waals surface area (Å²) in [6.45, 7) is 0. The summed E-state index contributed by atoms with van der Waals surface area (Å²) in [6.07, 6.45) is 0. The number of hydrogen-bond donors (Lipinski definition) is 2. The van der Waals surface area contributed by atoms with E-state index in [0.717, 1.165) is 4.90 Å². The van der Waals surface area contributed by atoms with E-state index in [4.69, 9.17) is 39.9 Å². The summed E-state index contributed by atoms with van der Waals surface area (Å²) in [5.41, 5.74) is 0.0758. The van der Waals surface area contributed by atoms with E-state index in [1.165, 1.54) is 23.9 Å². The molecule has 2 aromatic rings. The molecule has 0 atom stereocenters. The lowest BCUT2D eigenvalue weighted by Crippen LogP contribution is -2.15. The number of nitrogens with one attached hydrogen (secondary N) is 1. The molecular formula is C15H10Cl3NO3S. The van der Waals surface area contributed by atoms with Crippen LogP contribution < -0.4 is 5.32 Å². The van der Waals surface area contributed by atoms with E-state index in [-0.39, 0.29) is 33.0 Å². The topological polar surface area (TPSA) is 66.4 Å². The fourth-order valence-electron chi connectivity index (χ4n) is 1.67. The molecule has 2 rings (SSSR count). The van der Waals surface area contributed by atoms with Crippen molar-refractivity contribution in [1.82, 2.24) is 0 Å². The average molecular weight is 391 g/mol. The number of carbonyl (C=O) groups is 2. The first kappa shape index (κ1) is 17.9. The molecule has 23 heavy (non-hydrogen) atoms. The molecule has 120 valence electrons. The Labute approximate surface area is 151 Å². The zero-order valence-electron chi connectivity index (χ0n) is 11.5. The molecule has 0 saturated carbocycles. The van der Waals surface area contributed by atoms with Gasteiger partial charge in [-0.15, -0.1) is 11.8 Å². The fraction of sp³-hybridized carbons (Fsp3) is 0.0667. The zero-order valence-corrected chi connectivity index (χ0v) is 14.6. The Morgan fingerprint density at radius 3 is 2.30 bits per heavy atom. The molecule has 0 radical (unpaired) electrons. The molecule has 0 fully saturated rings. The summed E-state index contributed by atoms with van der Waals surface area (Å²) in [6, 6.07) is 9.59. The second-order valence-electron chi connectivity index (χ2n) is 4.41. The molecule has 2 aromatic carbocycles. The number of benzene rings is 2. The van der Waals surface area contributed by atoms with E-state index in [2.05, 4.69) is 5.32 Å². The standard InChI is InChI=1S/C15H10Cl3NO3S/c16-8-1-3-9(4-2-8)23-7-14(20)19-13-5-10(15(21)22)11(17)6-12(13)18/h1-6H,7H2,(H,19,20)(H,21,22). The Balaban J connectivity index is 2.03. The Hall–Kier alpha value is -1.40. The maximum atomic E-state index is 12.0. The smallest absolute Gasteiger partial charge is 0.337 e. The van der Waals surface area contributed by atoms with Crippen LogP contribution in [0.25, 0.3) is 0 Å². The van der Waals surface area contributed by atoms with E-state index < -0.39 is 5.97 Å². The highest BCUT2D eigenvalue weighted by molar-refractivity contribution is 8.00. The van der Waals surface area contributed by atoms with Crippen molar-refractivity contribution in [1.29, 1.82) is 0 Å². The Kier molecular flexibility index (Phi) is 6.18. The molecular weight excluding hydrogens is 381 g/mol. The van der Waals surface area contributed by atoms with Crippen LogP contribution in [0.3, 0.4) is 0 Å². The minimum absolute atomic E-state index is 0.0102. The van der Waals surface area contributed by atoms with Crippen molar-refractivity contribution in [2.45, 2.75) is 4.90 Å². The van der Waals surface area contributed by atoms with Crippen molar-refractivity contribution in [3.05, 3.63) is 57.0 Å². The molecule has 0 aliphatic heterocycles. The molecule has 0 bridgehead atoms. The molecule has 0 aromatic heterocycles. The maximum absolute atomic E-state index is 12.0. The number of halogens is 3. The van der Waals surface area contributed by atoms with Crippen LogP contribution in [-0.2, 0) is 4.79 Å². The van der Waals surface area contributed by atoms with E-state index in [0.29, 0.717) is 5.02 Å². The second-order valence-corrected chi connectivity index (χ2v) is 6.71. The first-order valence-corrected chi connectivity index (χ1v) is 8.39. The van der Waals surface area contributed by atoms with Crippen LogP contribution in [0, 0.1) is 0 Å². The number of carboxylic acids is 1. The summed E-state index contributed by atoms with van der Waals surface area (Å²) < 4.78 is 0. The first-order chi connectivity index (χ1) is 10.9. The summed E-state index contributed by atoms with van der Waals surface area (Å²) in [5.74, 6) is -1.37. The van der Waals surface area contributed by atoms with Gasteiger partial charge >= 0.3 is 5.97 Å². The molecule has 0 spiro atoms. The highest BCUT2D eigenvalue weighted by Crippen LogP contribution is 2.29. The average Bonchev–Trinajstić information content (AvgIpc) is 2.49. The number of anilines is 1. The van der Waals surface area contributed by atoms with Gasteiger partial charge in [-0.05, 0) is 36.4 Å². The van der Waals surface area contributed by atoms with Gasteiger partial charge in [-0.25, -0.2) is 4.79 Å². The largest absolute Gasteiger partial charge is 0.478 e. The van der Waals surface area contributed by atoms with Crippen molar-refractivity contribution < 1.29 is 14.7 Å². The van der Waals surface area contributed by atoms with Gasteiger partial charge in [0, 0.05) is 9.92 Å². The van der Waals surface area contributed by atoms with Crippen LogP contribution in [0.15, 0.2) is 41.3 Å². The van der Waals surface area contributed by atoms with Crippen LogP contribution in [0.1, 0.15) is 10.4 Å². The van der Waals surface area contributed by atoms with Gasteiger partial charge in [-0.1, -0.05) is 34.8 Å². The predicted octanol–water partition coefficient (Wildman–Crippen LogP) is 5.08. The van der Waals surface area contributed by atoms with Crippen LogP contribution >= 0.6 is 46.6 Å². The minimum Gasteiger partial charge on any atom is -0.478 e. The highest BCUT2D eigenvalue weighted by atomic mass is 35.5. The van der Waals surface area contributed by atoms with Crippen molar-refractivity contribution >= 4 is 64.1 Å². The lowest BCUT2D eigenvalue weighted by molar-refractivity contribution is -0.113. The van der Waals surface area contributed by atoms with E-state index in [1.807, 2.05) is 0 Å². The van der Waals surface area contributed by atoms with Gasteiger partial charge in [-0.3, -0.25) is 4.79 Å². The van der Waals surface area contributed by atoms with Crippen molar-refractivity contribution in [3.63, 3.8) is 0 Å². The molecule has 2 N–H and O–H groups in total. The molecule has 0 aliphatic rings. The van der Waals surface area contributed by atoms with Crippen molar-refractivity contribution in [2.24, 2.45) is 0 Å². The number of hydrogen-bond acceptors (Lipinski definition) is 3. The SMILES string of the molecule is O=C(CSc1ccc(Cl)cc1)Nc1cc(C(=O)O)c(Cl)cc1Cl. The molecule has 0 aliphatic carbocycles. The maximum Gasteiger partial charge on any atom is 0.337 e. The molecule has 0 heterocycles. The van der Waals surface area contributed by atoms with E-state index >= 15 is 0 Å². The normalized spacial score (nSPS) is 10.4. The number of rotatable bonds is 5. The van der Waals surface area contributed by atoms with E-state index in [9.17, 15) is 9.59 Å². The summed E-state index contributed by atoms with van der Waals surface area (Å²) in [4.78, 5) is 23.9. The predicted molar refractivity (Wildman–Crippen MR) is 94.2 cm³/mol. The van der Waals surface area contributed by atoms with Gasteiger partial charge in [0.15, 0.2) is 0 Å². The number of amides is 1. The highest BCUT2D eigenvalue weighted by Gasteiger charge is 2.14. The number of carbonyl (C=O) groups excluding carboxylic acids is 1. The van der Waals surface area contributed by atoms with Crippen LogP contribution in [-0.4, -0.2) is 22.7 Å². The van der Waals surface area contributed by atoms with Gasteiger partial charge in [0.05, 0.1) is 27.0 Å². The summed E-state index contributed by atoms with van der Waals surface area (Å²) in [5, 5.41) is 12.4. The first-order valence-electron chi connectivity index (χ1n) is 6.27. The van der Waals surface area contributed by atoms with Crippen LogP contribution in [0.5, 0.6) is 0 Å². The number of carboxylic acid groups (broad SMARTS) is 1. The lowest BCUT2D eigenvalue weighted by atomic mass is 10.2. The zero-order chi connectivity index (χ0) is 17.0. The monoisotopic (exact) mass is 389 g/mol. The minimum atomic E-state index is -1.20. The van der Waals surface area contributed by atoms with Gasteiger partial charge in [0.1, 0.15) is 0 Å².